The highest BCUT2D eigenvalue weighted by Gasteiger charge is 2.43. The second-order valence-electron chi connectivity index (χ2n) is 9.85. The molecule has 2 aromatic heterocycles. The molecule has 3 aromatic rings. The van der Waals surface area contributed by atoms with E-state index in [-0.39, 0.29) is 18.8 Å². The number of halogens is 4. The number of ether oxygens (including phenoxy) is 1. The summed E-state index contributed by atoms with van der Waals surface area (Å²) in [7, 11) is 0. The van der Waals surface area contributed by atoms with Crippen molar-refractivity contribution in [2.75, 3.05) is 39.5 Å². The molecule has 1 saturated heterocycles. The third-order valence-corrected chi connectivity index (χ3v) is 8.27. The molecule has 196 valence electrons. The van der Waals surface area contributed by atoms with Crippen molar-refractivity contribution in [2.45, 2.75) is 50.3 Å². The monoisotopic (exact) mass is 525 g/mol. The van der Waals surface area contributed by atoms with E-state index in [0.717, 1.165) is 40.8 Å². The smallest absolute Gasteiger partial charge is 0.283 e. The minimum atomic E-state index is -3.32. The third kappa shape index (κ3) is 5.01. The second kappa shape index (κ2) is 10.3. The van der Waals surface area contributed by atoms with E-state index >= 15 is 4.39 Å². The zero-order valence-corrected chi connectivity index (χ0v) is 21.0. The summed E-state index contributed by atoms with van der Waals surface area (Å²) in [5, 5.41) is 10.7. The van der Waals surface area contributed by atoms with Crippen molar-refractivity contribution in [3.8, 4) is 5.06 Å². The van der Waals surface area contributed by atoms with Crippen LogP contribution in [0, 0.1) is 5.82 Å². The van der Waals surface area contributed by atoms with Crippen LogP contribution in [0.3, 0.4) is 0 Å². The van der Waals surface area contributed by atoms with E-state index in [1.165, 1.54) is 6.07 Å². The fourth-order valence-corrected chi connectivity index (χ4v) is 6.59. The number of para-hydroxylation sites is 1. The Bertz CT molecular complexity index is 1200. The van der Waals surface area contributed by atoms with Crippen molar-refractivity contribution < 1.29 is 27.4 Å². The van der Waals surface area contributed by atoms with Crippen LogP contribution in [0.4, 0.5) is 17.6 Å². The Hall–Kier alpha value is -2.14. The Labute approximate surface area is 211 Å². The van der Waals surface area contributed by atoms with Gasteiger partial charge in [0.15, 0.2) is 5.06 Å². The molecule has 0 aliphatic carbocycles. The SMILES string of the molecule is C[C@@H]1Cc2c([nH]c3ccccc23)[C@@H](c2sc(O[C@@H]3CCN(CCCF)C3)cc2F)N1CC(F)(F)CO. The van der Waals surface area contributed by atoms with Gasteiger partial charge >= 0.3 is 0 Å². The lowest BCUT2D eigenvalue weighted by molar-refractivity contribution is -0.0864. The van der Waals surface area contributed by atoms with E-state index in [2.05, 4.69) is 9.88 Å². The molecule has 5 nitrogen and oxygen atoms in total. The molecule has 2 aliphatic heterocycles. The van der Waals surface area contributed by atoms with Gasteiger partial charge in [0.2, 0.25) is 0 Å². The molecular weight excluding hydrogens is 494 g/mol. The number of aromatic nitrogens is 1. The number of rotatable bonds is 9. The minimum Gasteiger partial charge on any atom is -0.479 e. The standard InChI is InChI=1S/C26H31F4N3O2S/c1-16-11-19-18-5-2-3-6-21(18)31-23(19)24(33(16)14-26(29,30)15-34)25-20(28)12-22(36-25)35-17-7-10-32(13-17)9-4-8-27/h2-3,5-6,12,16-17,24,31,34H,4,7-11,13-15H2,1H3/t16-,17-,24+/m1/s1. The van der Waals surface area contributed by atoms with Gasteiger partial charge in [0.1, 0.15) is 18.5 Å². The predicted molar refractivity (Wildman–Crippen MR) is 132 cm³/mol. The zero-order chi connectivity index (χ0) is 25.4. The van der Waals surface area contributed by atoms with Crippen LogP contribution in [0.25, 0.3) is 10.9 Å². The van der Waals surface area contributed by atoms with Crippen molar-refractivity contribution in [3.63, 3.8) is 0 Å². The summed E-state index contributed by atoms with van der Waals surface area (Å²) in [6.45, 7) is 1.65. The lowest BCUT2D eigenvalue weighted by Crippen LogP contribution is -2.49. The highest BCUT2D eigenvalue weighted by molar-refractivity contribution is 7.14. The Balaban J connectivity index is 1.48. The Morgan fingerprint density at radius 1 is 1.28 bits per heavy atom. The van der Waals surface area contributed by atoms with E-state index in [1.807, 2.05) is 31.2 Å². The molecule has 2 N–H and O–H groups in total. The Morgan fingerprint density at radius 3 is 2.86 bits per heavy atom. The average molecular weight is 526 g/mol. The number of hydrogen-bond donors (Lipinski definition) is 2. The van der Waals surface area contributed by atoms with Crippen molar-refractivity contribution in [1.29, 1.82) is 0 Å². The molecule has 0 spiro atoms. The summed E-state index contributed by atoms with van der Waals surface area (Å²) < 4.78 is 63.0. The van der Waals surface area contributed by atoms with Gasteiger partial charge in [-0.1, -0.05) is 29.5 Å². The first-order chi connectivity index (χ1) is 17.3. The largest absolute Gasteiger partial charge is 0.479 e. The molecule has 0 unspecified atom stereocenters. The molecule has 36 heavy (non-hydrogen) atoms. The first-order valence-electron chi connectivity index (χ1n) is 12.4. The molecule has 1 fully saturated rings. The summed E-state index contributed by atoms with van der Waals surface area (Å²) in [5.74, 6) is -3.82. The number of alkyl halides is 3. The van der Waals surface area contributed by atoms with Gasteiger partial charge in [-0.25, -0.2) is 13.2 Å². The summed E-state index contributed by atoms with van der Waals surface area (Å²) in [5.41, 5.74) is 2.58. The second-order valence-corrected chi connectivity index (χ2v) is 10.9. The van der Waals surface area contributed by atoms with Crippen LogP contribution in [0.1, 0.15) is 41.9 Å². The van der Waals surface area contributed by atoms with Gasteiger partial charge in [-0.2, -0.15) is 0 Å². The van der Waals surface area contributed by atoms with E-state index in [4.69, 9.17) is 4.74 Å². The van der Waals surface area contributed by atoms with Crippen LogP contribution in [0.15, 0.2) is 30.3 Å². The van der Waals surface area contributed by atoms with Crippen molar-refractivity contribution in [1.82, 2.24) is 14.8 Å². The van der Waals surface area contributed by atoms with Crippen LogP contribution in [0.2, 0.25) is 0 Å². The summed E-state index contributed by atoms with van der Waals surface area (Å²) in [4.78, 5) is 7.39. The number of thiophene rings is 1. The lowest BCUT2D eigenvalue weighted by Gasteiger charge is -2.41. The first-order valence-corrected chi connectivity index (χ1v) is 13.2. The summed E-state index contributed by atoms with van der Waals surface area (Å²) in [6.07, 6.45) is 1.65. The van der Waals surface area contributed by atoms with Crippen LogP contribution < -0.4 is 4.74 Å². The highest BCUT2D eigenvalue weighted by atomic mass is 32.1. The normalized spacial score (nSPS) is 23.4. The molecule has 0 bridgehead atoms. The van der Waals surface area contributed by atoms with Gasteiger partial charge < -0.3 is 14.8 Å². The predicted octanol–water partition coefficient (Wildman–Crippen LogP) is 5.14. The number of H-pyrrole nitrogens is 1. The summed E-state index contributed by atoms with van der Waals surface area (Å²) in [6, 6.07) is 8.02. The maximum Gasteiger partial charge on any atom is 0.283 e. The van der Waals surface area contributed by atoms with Gasteiger partial charge in [0.25, 0.3) is 5.92 Å². The van der Waals surface area contributed by atoms with Crippen LogP contribution in [-0.2, 0) is 6.42 Å². The molecule has 0 amide bonds. The van der Waals surface area contributed by atoms with Crippen LogP contribution in [-0.4, -0.2) is 77.4 Å². The average Bonchev–Trinajstić information content (AvgIpc) is 3.55. The number of nitrogens with one attached hydrogen (secondary N) is 1. The van der Waals surface area contributed by atoms with E-state index in [1.54, 1.807) is 4.90 Å². The van der Waals surface area contributed by atoms with Crippen molar-refractivity contribution >= 4 is 22.2 Å². The maximum atomic E-state index is 15.5. The van der Waals surface area contributed by atoms with Crippen molar-refractivity contribution in [2.24, 2.45) is 0 Å². The van der Waals surface area contributed by atoms with Crippen molar-refractivity contribution in [3.05, 3.63) is 52.3 Å². The van der Waals surface area contributed by atoms with E-state index in [0.29, 0.717) is 41.6 Å². The number of aliphatic hydroxyl groups is 1. The van der Waals surface area contributed by atoms with E-state index in [9.17, 15) is 18.3 Å². The minimum absolute atomic E-state index is 0.126. The lowest BCUT2D eigenvalue weighted by atomic mass is 9.91. The van der Waals surface area contributed by atoms with Crippen LogP contribution >= 0.6 is 11.3 Å². The van der Waals surface area contributed by atoms with Gasteiger partial charge in [0, 0.05) is 48.3 Å². The van der Waals surface area contributed by atoms with Gasteiger partial charge in [0.05, 0.1) is 24.1 Å². The Morgan fingerprint density at radius 2 is 2.08 bits per heavy atom. The van der Waals surface area contributed by atoms with E-state index < -0.39 is 30.9 Å². The number of hydrogen-bond acceptors (Lipinski definition) is 5. The zero-order valence-electron chi connectivity index (χ0n) is 20.2. The molecule has 0 saturated carbocycles. The first kappa shape index (κ1) is 25.5. The molecule has 2 aliphatic rings. The topological polar surface area (TPSA) is 51.7 Å². The summed E-state index contributed by atoms with van der Waals surface area (Å²) >= 11 is 1.14. The number of aliphatic hydroxyl groups excluding tert-OH is 1. The molecule has 3 atom stereocenters. The maximum absolute atomic E-state index is 15.5. The molecule has 4 heterocycles. The fourth-order valence-electron chi connectivity index (χ4n) is 5.50. The number of benzene rings is 1. The van der Waals surface area contributed by atoms with Gasteiger partial charge in [-0.05, 0) is 37.8 Å². The molecular formula is C26H31F4N3O2S. The number of aromatic amines is 1. The molecule has 1 aromatic carbocycles. The third-order valence-electron chi connectivity index (χ3n) is 7.22. The van der Waals surface area contributed by atoms with Gasteiger partial charge in [-0.15, -0.1) is 0 Å². The number of nitrogens with zero attached hydrogens (tertiary/aromatic N) is 2. The van der Waals surface area contributed by atoms with Gasteiger partial charge in [-0.3, -0.25) is 14.2 Å². The molecule has 0 radical (unpaired) electrons. The molecule has 10 heteroatoms. The highest BCUT2D eigenvalue weighted by Crippen LogP contribution is 2.46. The van der Waals surface area contributed by atoms with Crippen LogP contribution in [0.5, 0.6) is 5.06 Å². The number of fused-ring (bicyclic) bond motifs is 3. The molecule has 5 rings (SSSR count). The quantitative estimate of drug-likeness (QED) is 0.380. The Kier molecular flexibility index (Phi) is 7.31. The number of likely N-dealkylation sites (tertiary alicyclic amines) is 1. The fraction of sp³-hybridized carbons (Fsp3) is 0.538.